The molecule has 5 nitrogen and oxygen atoms in total. The highest BCUT2D eigenvalue weighted by atomic mass is 19.4. The van der Waals surface area contributed by atoms with Crippen molar-refractivity contribution in [2.24, 2.45) is 0 Å². The van der Waals surface area contributed by atoms with Crippen LogP contribution in [0, 0.1) is 6.92 Å². The summed E-state index contributed by atoms with van der Waals surface area (Å²) < 4.78 is 41.4. The highest BCUT2D eigenvalue weighted by Gasteiger charge is 2.27. The average Bonchev–Trinajstić information content (AvgIpc) is 2.85. The third-order valence-electron chi connectivity index (χ3n) is 2.69. The molecule has 0 spiro atoms. The van der Waals surface area contributed by atoms with E-state index in [0.29, 0.717) is 11.3 Å². The van der Waals surface area contributed by atoms with E-state index < -0.39 is 12.8 Å². The molecular weight excluding hydrogens is 299 g/mol. The molecule has 1 amide bonds. The highest BCUT2D eigenvalue weighted by Crippen LogP contribution is 2.15. The minimum Gasteiger partial charge on any atom is -0.350 e. The molecule has 0 saturated heterocycles. The Kier molecular flexibility index (Phi) is 4.81. The van der Waals surface area contributed by atoms with Crippen molar-refractivity contribution >= 4 is 11.6 Å². The number of halogens is 3. The Labute approximate surface area is 124 Å². The first-order valence-electron chi connectivity index (χ1n) is 6.38. The fourth-order valence-corrected chi connectivity index (χ4v) is 1.66. The number of anilines is 1. The molecule has 1 heterocycles. The lowest BCUT2D eigenvalue weighted by atomic mass is 10.1. The number of ether oxygens (including phenoxy) is 1. The summed E-state index contributed by atoms with van der Waals surface area (Å²) >= 11 is 0. The Balaban J connectivity index is 1.89. The van der Waals surface area contributed by atoms with Crippen LogP contribution >= 0.6 is 0 Å². The number of benzene rings is 1. The lowest BCUT2D eigenvalue weighted by molar-refractivity contribution is -0.182. The summed E-state index contributed by atoms with van der Waals surface area (Å²) in [6.45, 7) is 0.213. The Morgan fingerprint density at radius 3 is 2.64 bits per heavy atom. The van der Waals surface area contributed by atoms with Gasteiger partial charge in [0, 0.05) is 5.56 Å². The molecule has 0 aliphatic carbocycles. The second-order valence-corrected chi connectivity index (χ2v) is 4.68. The Hall–Kier alpha value is -2.35. The van der Waals surface area contributed by atoms with Crippen molar-refractivity contribution in [2.45, 2.75) is 19.8 Å². The van der Waals surface area contributed by atoms with Gasteiger partial charge in [-0.1, -0.05) is 17.7 Å². The molecule has 0 bridgehead atoms. The van der Waals surface area contributed by atoms with Gasteiger partial charge in [0.25, 0.3) is 5.91 Å². The number of nitrogens with zero attached hydrogens (tertiary/aromatic N) is 2. The largest absolute Gasteiger partial charge is 0.411 e. The van der Waals surface area contributed by atoms with Crippen molar-refractivity contribution in [3.05, 3.63) is 47.8 Å². The van der Waals surface area contributed by atoms with Gasteiger partial charge >= 0.3 is 6.18 Å². The van der Waals surface area contributed by atoms with Crippen LogP contribution < -0.4 is 5.32 Å². The van der Waals surface area contributed by atoms with Crippen LogP contribution in [0.3, 0.4) is 0 Å². The van der Waals surface area contributed by atoms with E-state index in [1.807, 2.05) is 19.1 Å². The van der Waals surface area contributed by atoms with Crippen LogP contribution in [-0.4, -0.2) is 28.5 Å². The molecule has 2 aromatic rings. The van der Waals surface area contributed by atoms with Crippen LogP contribution in [0.2, 0.25) is 0 Å². The van der Waals surface area contributed by atoms with E-state index in [-0.39, 0.29) is 12.6 Å². The Morgan fingerprint density at radius 1 is 1.32 bits per heavy atom. The Bertz CT molecular complexity index is 636. The van der Waals surface area contributed by atoms with E-state index in [9.17, 15) is 18.0 Å². The van der Waals surface area contributed by atoms with Gasteiger partial charge in [0.15, 0.2) is 0 Å². The van der Waals surface area contributed by atoms with Crippen molar-refractivity contribution in [3.63, 3.8) is 0 Å². The summed E-state index contributed by atoms with van der Waals surface area (Å²) in [7, 11) is 0. The number of nitrogens with one attached hydrogen (secondary N) is 1. The van der Waals surface area contributed by atoms with Crippen LogP contribution in [0.15, 0.2) is 36.7 Å². The maximum Gasteiger partial charge on any atom is 0.411 e. The van der Waals surface area contributed by atoms with Gasteiger partial charge in [-0.05, 0) is 19.1 Å². The predicted molar refractivity (Wildman–Crippen MR) is 73.4 cm³/mol. The molecule has 0 aliphatic rings. The SMILES string of the molecule is Cc1ccc(C(=O)Nc2cnn(COCC(F)(F)F)c2)cc1. The molecule has 0 fully saturated rings. The minimum atomic E-state index is -4.38. The monoisotopic (exact) mass is 313 g/mol. The van der Waals surface area contributed by atoms with Crippen molar-refractivity contribution in [1.29, 1.82) is 0 Å². The number of carbonyl (C=O) groups excluding carboxylic acids is 1. The normalized spacial score (nSPS) is 11.5. The molecular formula is C14H14F3N3O2. The van der Waals surface area contributed by atoms with E-state index in [4.69, 9.17) is 0 Å². The first-order chi connectivity index (χ1) is 10.3. The fourth-order valence-electron chi connectivity index (χ4n) is 1.66. The fraction of sp³-hybridized carbons (Fsp3) is 0.286. The van der Waals surface area contributed by atoms with E-state index in [1.165, 1.54) is 12.4 Å². The van der Waals surface area contributed by atoms with E-state index in [2.05, 4.69) is 15.2 Å². The van der Waals surface area contributed by atoms with Gasteiger partial charge in [0.1, 0.15) is 13.3 Å². The number of hydrogen-bond donors (Lipinski definition) is 1. The topological polar surface area (TPSA) is 56.2 Å². The number of hydrogen-bond acceptors (Lipinski definition) is 3. The number of aryl methyl sites for hydroxylation is 1. The minimum absolute atomic E-state index is 0.323. The molecule has 22 heavy (non-hydrogen) atoms. The summed E-state index contributed by atoms with van der Waals surface area (Å²) in [5.74, 6) is -0.323. The second-order valence-electron chi connectivity index (χ2n) is 4.68. The van der Waals surface area contributed by atoms with Gasteiger partial charge in [0.05, 0.1) is 18.1 Å². The van der Waals surface area contributed by atoms with Gasteiger partial charge in [-0.3, -0.25) is 4.79 Å². The molecule has 1 aromatic carbocycles. The standard InChI is InChI=1S/C14H14F3N3O2/c1-10-2-4-11(5-3-10)13(21)19-12-6-18-20(7-12)9-22-8-14(15,16)17/h2-7H,8-9H2,1H3,(H,19,21). The van der Waals surface area contributed by atoms with Crippen molar-refractivity contribution in [1.82, 2.24) is 9.78 Å². The van der Waals surface area contributed by atoms with Gasteiger partial charge in [0.2, 0.25) is 0 Å². The maximum absolute atomic E-state index is 12.0. The quantitative estimate of drug-likeness (QED) is 0.923. The molecule has 8 heteroatoms. The highest BCUT2D eigenvalue weighted by molar-refractivity contribution is 6.04. The zero-order valence-electron chi connectivity index (χ0n) is 11.7. The molecule has 118 valence electrons. The summed E-state index contributed by atoms with van der Waals surface area (Å²) in [6.07, 6.45) is -1.65. The number of aromatic nitrogens is 2. The molecule has 1 aromatic heterocycles. The second kappa shape index (κ2) is 6.61. The van der Waals surface area contributed by atoms with Crippen molar-refractivity contribution in [3.8, 4) is 0 Å². The smallest absolute Gasteiger partial charge is 0.350 e. The number of carbonyl (C=O) groups is 1. The van der Waals surface area contributed by atoms with Gasteiger partial charge in [-0.25, -0.2) is 4.68 Å². The molecule has 0 unspecified atom stereocenters. The third-order valence-corrected chi connectivity index (χ3v) is 2.69. The summed E-state index contributed by atoms with van der Waals surface area (Å²) in [5, 5.41) is 6.41. The molecule has 2 rings (SSSR count). The first-order valence-corrected chi connectivity index (χ1v) is 6.38. The zero-order valence-corrected chi connectivity index (χ0v) is 11.7. The average molecular weight is 313 g/mol. The van der Waals surface area contributed by atoms with Gasteiger partial charge in [-0.2, -0.15) is 18.3 Å². The van der Waals surface area contributed by atoms with Gasteiger partial charge < -0.3 is 10.1 Å². The predicted octanol–water partition coefficient (Wildman–Crippen LogP) is 2.98. The van der Waals surface area contributed by atoms with Crippen molar-refractivity contribution in [2.75, 3.05) is 11.9 Å². The van der Waals surface area contributed by atoms with E-state index in [0.717, 1.165) is 10.2 Å². The van der Waals surface area contributed by atoms with Crippen molar-refractivity contribution < 1.29 is 22.7 Å². The Morgan fingerprint density at radius 2 is 2.00 bits per heavy atom. The molecule has 0 aliphatic heterocycles. The lowest BCUT2D eigenvalue weighted by Gasteiger charge is -2.07. The number of rotatable bonds is 5. The van der Waals surface area contributed by atoms with Gasteiger partial charge in [-0.15, -0.1) is 0 Å². The molecule has 0 saturated carbocycles. The number of alkyl halides is 3. The lowest BCUT2D eigenvalue weighted by Crippen LogP contribution is -2.18. The summed E-state index contributed by atoms with van der Waals surface area (Å²) in [4.78, 5) is 12.0. The summed E-state index contributed by atoms with van der Waals surface area (Å²) in [6, 6.07) is 6.98. The van der Waals surface area contributed by atoms with Crippen LogP contribution in [-0.2, 0) is 11.5 Å². The van der Waals surface area contributed by atoms with Crippen LogP contribution in [0.4, 0.5) is 18.9 Å². The van der Waals surface area contributed by atoms with Crippen LogP contribution in [0.5, 0.6) is 0 Å². The third kappa shape index (κ3) is 4.88. The van der Waals surface area contributed by atoms with Crippen LogP contribution in [0.1, 0.15) is 15.9 Å². The molecule has 0 atom stereocenters. The number of amides is 1. The first kappa shape index (κ1) is 16.0. The van der Waals surface area contributed by atoms with Crippen LogP contribution in [0.25, 0.3) is 0 Å². The van der Waals surface area contributed by atoms with E-state index >= 15 is 0 Å². The zero-order chi connectivity index (χ0) is 16.2. The molecule has 1 N–H and O–H groups in total. The maximum atomic E-state index is 12.0. The molecule has 0 radical (unpaired) electrons. The summed E-state index contributed by atoms with van der Waals surface area (Å²) in [5.41, 5.74) is 1.89. The van der Waals surface area contributed by atoms with E-state index in [1.54, 1.807) is 12.1 Å².